The average Bonchev–Trinajstić information content (AvgIpc) is 2.76. The summed E-state index contributed by atoms with van der Waals surface area (Å²) in [6, 6.07) is 14.6. The number of benzene rings is 2. The molecule has 0 bridgehead atoms. The molecule has 0 radical (unpaired) electrons. The molecule has 1 fully saturated rings. The van der Waals surface area contributed by atoms with Gasteiger partial charge in [0.25, 0.3) is 0 Å². The Labute approximate surface area is 194 Å². The van der Waals surface area contributed by atoms with Gasteiger partial charge in [0, 0.05) is 16.7 Å². The SMILES string of the molecule is C=C1NC(=S)N[C@H](c2cc(OC)c(OCC#N)cc2Br)[C@H]1C(=O)NCc1ccccc1. The predicted octanol–water partition coefficient (Wildman–Crippen LogP) is 3.33. The Morgan fingerprint density at radius 2 is 2.06 bits per heavy atom. The van der Waals surface area contributed by atoms with E-state index in [1.807, 2.05) is 36.4 Å². The summed E-state index contributed by atoms with van der Waals surface area (Å²) in [7, 11) is 1.51. The molecule has 2 aromatic carbocycles. The van der Waals surface area contributed by atoms with Crippen LogP contribution in [0.15, 0.2) is 59.2 Å². The molecule has 0 aromatic heterocycles. The van der Waals surface area contributed by atoms with Gasteiger partial charge in [-0.15, -0.1) is 0 Å². The Balaban J connectivity index is 1.90. The number of halogens is 1. The average molecular weight is 501 g/mol. The zero-order chi connectivity index (χ0) is 22.4. The molecule has 0 unspecified atom stereocenters. The van der Waals surface area contributed by atoms with Crippen LogP contribution in [-0.4, -0.2) is 24.7 Å². The first-order valence-electron chi connectivity index (χ1n) is 9.39. The summed E-state index contributed by atoms with van der Waals surface area (Å²) < 4.78 is 11.5. The Bertz CT molecular complexity index is 1040. The Morgan fingerprint density at radius 3 is 2.74 bits per heavy atom. The fraction of sp³-hybridized carbons (Fsp3) is 0.227. The van der Waals surface area contributed by atoms with Crippen molar-refractivity contribution in [2.75, 3.05) is 13.7 Å². The van der Waals surface area contributed by atoms with Gasteiger partial charge in [0.15, 0.2) is 23.2 Å². The maximum atomic E-state index is 13.1. The van der Waals surface area contributed by atoms with E-state index in [0.717, 1.165) is 11.1 Å². The normalized spacial score (nSPS) is 17.7. The third-order valence-corrected chi connectivity index (χ3v) is 5.68. The van der Waals surface area contributed by atoms with Gasteiger partial charge in [0.2, 0.25) is 5.91 Å². The smallest absolute Gasteiger partial charge is 0.231 e. The lowest BCUT2D eigenvalue weighted by Crippen LogP contribution is -2.52. The molecule has 160 valence electrons. The molecule has 3 rings (SSSR count). The van der Waals surface area contributed by atoms with E-state index >= 15 is 0 Å². The van der Waals surface area contributed by atoms with Gasteiger partial charge in [-0.2, -0.15) is 5.26 Å². The summed E-state index contributed by atoms with van der Waals surface area (Å²) in [5.74, 6) is 0.0215. The lowest BCUT2D eigenvalue weighted by Gasteiger charge is -2.36. The van der Waals surface area contributed by atoms with Crippen molar-refractivity contribution in [1.82, 2.24) is 16.0 Å². The van der Waals surface area contributed by atoms with Crippen LogP contribution in [0.4, 0.5) is 0 Å². The van der Waals surface area contributed by atoms with Gasteiger partial charge in [-0.1, -0.05) is 52.8 Å². The van der Waals surface area contributed by atoms with E-state index < -0.39 is 12.0 Å². The Morgan fingerprint density at radius 1 is 1.32 bits per heavy atom. The first-order valence-corrected chi connectivity index (χ1v) is 10.6. The standard InChI is InChI=1S/C22H21BrN4O3S/c1-13-19(21(28)25-12-14-6-4-3-5-7-14)20(27-22(31)26-13)15-10-17(29-2)18(11-16(15)23)30-9-8-24/h3-7,10-11,19-20H,1,9,12H2,2H3,(H,25,28)(H2,26,27,31)/t19-,20+/m0/s1. The van der Waals surface area contributed by atoms with Crippen molar-refractivity contribution in [2.24, 2.45) is 5.92 Å². The minimum atomic E-state index is -0.637. The number of amides is 1. The van der Waals surface area contributed by atoms with E-state index in [-0.39, 0.29) is 12.5 Å². The molecule has 0 spiro atoms. The molecule has 1 aliphatic heterocycles. The molecular formula is C22H21BrN4O3S. The van der Waals surface area contributed by atoms with E-state index in [0.29, 0.717) is 33.3 Å². The van der Waals surface area contributed by atoms with Crippen molar-refractivity contribution in [1.29, 1.82) is 5.26 Å². The number of rotatable bonds is 7. The van der Waals surface area contributed by atoms with Gasteiger partial charge in [0.1, 0.15) is 12.0 Å². The van der Waals surface area contributed by atoms with E-state index in [1.54, 1.807) is 12.1 Å². The molecule has 1 saturated heterocycles. The topological polar surface area (TPSA) is 95.4 Å². The molecule has 0 saturated carbocycles. The molecule has 2 atom stereocenters. The molecule has 1 amide bonds. The minimum absolute atomic E-state index is 0.112. The van der Waals surface area contributed by atoms with Crippen molar-refractivity contribution in [3.8, 4) is 17.6 Å². The molecule has 0 aliphatic carbocycles. The van der Waals surface area contributed by atoms with E-state index in [9.17, 15) is 4.79 Å². The molecule has 2 aromatic rings. The van der Waals surface area contributed by atoms with Gasteiger partial charge in [-0.25, -0.2) is 0 Å². The number of carbonyl (C=O) groups excluding carboxylic acids is 1. The van der Waals surface area contributed by atoms with Crippen LogP contribution in [0.3, 0.4) is 0 Å². The summed E-state index contributed by atoms with van der Waals surface area (Å²) in [5.41, 5.74) is 2.23. The molecule has 7 nitrogen and oxygen atoms in total. The molecule has 1 heterocycles. The van der Waals surface area contributed by atoms with Crippen molar-refractivity contribution >= 4 is 39.2 Å². The monoisotopic (exact) mass is 500 g/mol. The second-order valence-corrected chi connectivity index (χ2v) is 8.02. The number of nitrogens with one attached hydrogen (secondary N) is 3. The minimum Gasteiger partial charge on any atom is -0.493 e. The van der Waals surface area contributed by atoms with Crippen LogP contribution in [0.1, 0.15) is 17.2 Å². The first-order chi connectivity index (χ1) is 14.9. The highest BCUT2D eigenvalue weighted by Crippen LogP contribution is 2.40. The van der Waals surface area contributed by atoms with Crippen LogP contribution in [-0.2, 0) is 11.3 Å². The van der Waals surface area contributed by atoms with Crippen LogP contribution in [0, 0.1) is 17.2 Å². The predicted molar refractivity (Wildman–Crippen MR) is 124 cm³/mol. The number of carbonyl (C=O) groups is 1. The number of nitriles is 1. The van der Waals surface area contributed by atoms with E-state index in [2.05, 4.69) is 38.5 Å². The summed E-state index contributed by atoms with van der Waals surface area (Å²) >= 11 is 8.85. The highest BCUT2D eigenvalue weighted by molar-refractivity contribution is 9.10. The van der Waals surface area contributed by atoms with Gasteiger partial charge >= 0.3 is 0 Å². The van der Waals surface area contributed by atoms with Crippen LogP contribution in [0.2, 0.25) is 0 Å². The van der Waals surface area contributed by atoms with Crippen LogP contribution in [0.25, 0.3) is 0 Å². The number of ether oxygens (including phenoxy) is 2. The van der Waals surface area contributed by atoms with E-state index in [1.165, 1.54) is 7.11 Å². The summed E-state index contributed by atoms with van der Waals surface area (Å²) in [6.45, 7) is 4.30. The zero-order valence-electron chi connectivity index (χ0n) is 16.8. The second kappa shape index (κ2) is 10.3. The number of hydrogen-bond donors (Lipinski definition) is 3. The van der Waals surface area contributed by atoms with Crippen LogP contribution in [0.5, 0.6) is 11.5 Å². The summed E-state index contributed by atoms with van der Waals surface area (Å²) in [5, 5.41) is 18.3. The van der Waals surface area contributed by atoms with Gasteiger partial charge < -0.3 is 25.4 Å². The van der Waals surface area contributed by atoms with Crippen molar-refractivity contribution < 1.29 is 14.3 Å². The molecule has 3 N–H and O–H groups in total. The number of nitrogens with zero attached hydrogens (tertiary/aromatic N) is 1. The highest BCUT2D eigenvalue weighted by atomic mass is 79.9. The molecular weight excluding hydrogens is 480 g/mol. The van der Waals surface area contributed by atoms with E-state index in [4.69, 9.17) is 27.0 Å². The van der Waals surface area contributed by atoms with Gasteiger partial charge in [0.05, 0.1) is 13.2 Å². The van der Waals surface area contributed by atoms with Gasteiger partial charge in [-0.3, -0.25) is 4.79 Å². The van der Waals surface area contributed by atoms with Crippen molar-refractivity contribution in [2.45, 2.75) is 12.6 Å². The number of hydrogen-bond acceptors (Lipinski definition) is 5. The van der Waals surface area contributed by atoms with Crippen LogP contribution >= 0.6 is 28.1 Å². The fourth-order valence-corrected chi connectivity index (χ4v) is 4.15. The van der Waals surface area contributed by atoms with Crippen molar-refractivity contribution in [3.05, 3.63) is 70.3 Å². The summed E-state index contributed by atoms with van der Waals surface area (Å²) in [4.78, 5) is 13.1. The summed E-state index contributed by atoms with van der Waals surface area (Å²) in [6.07, 6.45) is 0. The second-order valence-electron chi connectivity index (χ2n) is 6.75. The first kappa shape index (κ1) is 22.6. The van der Waals surface area contributed by atoms with Gasteiger partial charge in [-0.05, 0) is 35.5 Å². The highest BCUT2D eigenvalue weighted by Gasteiger charge is 2.38. The lowest BCUT2D eigenvalue weighted by atomic mass is 9.88. The lowest BCUT2D eigenvalue weighted by molar-refractivity contribution is -0.125. The Kier molecular flexibility index (Phi) is 7.50. The third-order valence-electron chi connectivity index (χ3n) is 4.77. The maximum Gasteiger partial charge on any atom is 0.231 e. The number of methoxy groups -OCH3 is 1. The Hall–Kier alpha value is -3.09. The third kappa shape index (κ3) is 5.34. The molecule has 1 aliphatic rings. The van der Waals surface area contributed by atoms with Crippen molar-refractivity contribution in [3.63, 3.8) is 0 Å². The largest absolute Gasteiger partial charge is 0.493 e. The maximum absolute atomic E-state index is 13.1. The zero-order valence-corrected chi connectivity index (χ0v) is 19.2. The quantitative estimate of drug-likeness (QED) is 0.501. The fourth-order valence-electron chi connectivity index (χ4n) is 3.32. The molecule has 9 heteroatoms. The van der Waals surface area contributed by atoms with Crippen LogP contribution < -0.4 is 25.4 Å². The number of thiocarbonyl (C=S) groups is 1. The molecule has 31 heavy (non-hydrogen) atoms.